The van der Waals surface area contributed by atoms with E-state index in [1.165, 1.54) is 48.0 Å². The van der Waals surface area contributed by atoms with E-state index < -0.39 is 15.8 Å². The van der Waals surface area contributed by atoms with Crippen molar-refractivity contribution in [2.75, 3.05) is 16.2 Å². The Labute approximate surface area is 212 Å². The molecule has 0 unspecified atom stereocenters. The van der Waals surface area contributed by atoms with Crippen molar-refractivity contribution >= 4 is 66.2 Å². The summed E-state index contributed by atoms with van der Waals surface area (Å²) in [6, 6.07) is 12.7. The number of pyridine rings is 1. The Hall–Kier alpha value is -4.38. The number of carbonyl (C=O) groups is 1. The molecule has 1 aromatic carbocycles. The summed E-state index contributed by atoms with van der Waals surface area (Å²) in [6.07, 6.45) is 2.82. The Bertz CT molecular complexity index is 1760. The number of nitrogen functional groups attached to an aromatic ring is 2. The summed E-state index contributed by atoms with van der Waals surface area (Å²) in [5.41, 5.74) is 13.6. The smallest absolute Gasteiger partial charge is 0.264 e. The third-order valence-electron chi connectivity index (χ3n) is 5.21. The zero-order valence-corrected chi connectivity index (χ0v) is 20.6. The monoisotopic (exact) mass is 533 g/mol. The summed E-state index contributed by atoms with van der Waals surface area (Å²) in [4.78, 5) is 26.7. The molecule has 0 aliphatic heterocycles. The molecule has 0 atom stereocenters. The maximum absolute atomic E-state index is 13.3. The quantitative estimate of drug-likeness (QED) is 0.273. The number of thiophene rings is 2. The molecule has 36 heavy (non-hydrogen) atoms. The van der Waals surface area contributed by atoms with Gasteiger partial charge in [-0.15, -0.1) is 22.7 Å². The first kappa shape index (κ1) is 23.4. The summed E-state index contributed by atoms with van der Waals surface area (Å²) in [6.45, 7) is 0. The number of ketones is 1. The fourth-order valence-corrected chi connectivity index (χ4v) is 6.38. The summed E-state index contributed by atoms with van der Waals surface area (Å²) >= 11 is 2.48. The molecule has 0 fully saturated rings. The van der Waals surface area contributed by atoms with Crippen LogP contribution in [-0.2, 0) is 10.0 Å². The van der Waals surface area contributed by atoms with Gasteiger partial charge in [0.1, 0.15) is 27.2 Å². The molecule has 4 heterocycles. The van der Waals surface area contributed by atoms with Crippen LogP contribution in [0.1, 0.15) is 20.8 Å². The summed E-state index contributed by atoms with van der Waals surface area (Å²) in [5.74, 6) is -0.424. The van der Waals surface area contributed by atoms with Gasteiger partial charge in [-0.2, -0.15) is 5.26 Å². The van der Waals surface area contributed by atoms with Crippen molar-refractivity contribution in [2.45, 2.75) is 4.90 Å². The molecular formula is C23H15N7O3S3. The lowest BCUT2D eigenvalue weighted by Gasteiger charge is -2.08. The molecule has 4 aromatic heterocycles. The maximum atomic E-state index is 13.3. The lowest BCUT2D eigenvalue weighted by atomic mass is 10.0. The van der Waals surface area contributed by atoms with E-state index in [9.17, 15) is 18.5 Å². The number of fused-ring (bicyclic) bond motifs is 1. The predicted octanol–water partition coefficient (Wildman–Crippen LogP) is 3.88. The van der Waals surface area contributed by atoms with Gasteiger partial charge in [0.05, 0.1) is 10.6 Å². The van der Waals surface area contributed by atoms with Gasteiger partial charge in [0, 0.05) is 33.8 Å². The molecule has 0 bridgehead atoms. The number of nitrogens with two attached hydrogens (primary N) is 2. The molecule has 178 valence electrons. The van der Waals surface area contributed by atoms with Crippen molar-refractivity contribution < 1.29 is 13.2 Å². The number of aromatic nitrogens is 3. The fraction of sp³-hybridized carbons (Fsp3) is 0. The Morgan fingerprint density at radius 3 is 2.42 bits per heavy atom. The van der Waals surface area contributed by atoms with Crippen LogP contribution in [0.25, 0.3) is 20.7 Å². The van der Waals surface area contributed by atoms with Gasteiger partial charge in [0.25, 0.3) is 10.0 Å². The van der Waals surface area contributed by atoms with Gasteiger partial charge < -0.3 is 11.5 Å². The van der Waals surface area contributed by atoms with Crippen molar-refractivity contribution in [1.82, 2.24) is 15.0 Å². The molecule has 5 aromatic rings. The Morgan fingerprint density at radius 2 is 1.78 bits per heavy atom. The average molecular weight is 534 g/mol. The molecule has 0 spiro atoms. The highest BCUT2D eigenvalue weighted by Crippen LogP contribution is 2.44. The fourth-order valence-electron chi connectivity index (χ4n) is 3.57. The number of carbonyl (C=O) groups excluding carboxylic acids is 1. The highest BCUT2D eigenvalue weighted by atomic mass is 32.2. The van der Waals surface area contributed by atoms with Crippen molar-refractivity contribution in [3.8, 4) is 16.5 Å². The van der Waals surface area contributed by atoms with Crippen LogP contribution < -0.4 is 16.2 Å². The minimum absolute atomic E-state index is 0.0538. The summed E-state index contributed by atoms with van der Waals surface area (Å²) in [7, 11) is -3.95. The van der Waals surface area contributed by atoms with Gasteiger partial charge >= 0.3 is 0 Å². The van der Waals surface area contributed by atoms with Gasteiger partial charge in [0.2, 0.25) is 11.7 Å². The number of benzene rings is 1. The predicted molar refractivity (Wildman–Crippen MR) is 139 cm³/mol. The Morgan fingerprint density at radius 1 is 1.06 bits per heavy atom. The van der Waals surface area contributed by atoms with Gasteiger partial charge in [0.15, 0.2) is 0 Å². The van der Waals surface area contributed by atoms with Crippen LogP contribution >= 0.6 is 22.7 Å². The van der Waals surface area contributed by atoms with E-state index in [-0.39, 0.29) is 38.4 Å². The van der Waals surface area contributed by atoms with Crippen LogP contribution in [0.4, 0.5) is 17.5 Å². The number of anilines is 3. The second-order valence-corrected chi connectivity index (χ2v) is 11.0. The third-order valence-corrected chi connectivity index (χ3v) is 8.54. The zero-order valence-electron chi connectivity index (χ0n) is 18.2. The molecule has 0 amide bonds. The molecule has 5 rings (SSSR count). The highest BCUT2D eigenvalue weighted by molar-refractivity contribution is 7.92. The number of hydrogen-bond donors (Lipinski definition) is 3. The molecule has 5 N–H and O–H groups in total. The van der Waals surface area contributed by atoms with Gasteiger partial charge in [-0.1, -0.05) is 6.07 Å². The van der Waals surface area contributed by atoms with E-state index >= 15 is 0 Å². The zero-order chi connectivity index (χ0) is 25.4. The van der Waals surface area contributed by atoms with Crippen molar-refractivity contribution in [3.05, 3.63) is 76.2 Å². The normalized spacial score (nSPS) is 11.3. The number of hydrogen-bond acceptors (Lipinski definition) is 11. The average Bonchev–Trinajstić information content (AvgIpc) is 3.52. The molecule has 0 radical (unpaired) electrons. The largest absolute Gasteiger partial charge is 0.397 e. The van der Waals surface area contributed by atoms with Gasteiger partial charge in [-0.25, -0.2) is 28.1 Å². The van der Waals surface area contributed by atoms with E-state index in [0.717, 1.165) is 16.2 Å². The van der Waals surface area contributed by atoms with Crippen molar-refractivity contribution in [3.63, 3.8) is 0 Å². The van der Waals surface area contributed by atoms with Crippen molar-refractivity contribution in [2.24, 2.45) is 0 Å². The van der Waals surface area contributed by atoms with Gasteiger partial charge in [-0.05, 0) is 41.8 Å². The third kappa shape index (κ3) is 4.03. The van der Waals surface area contributed by atoms with Crippen LogP contribution in [0.2, 0.25) is 0 Å². The number of rotatable bonds is 6. The molecule has 0 aliphatic carbocycles. The first-order valence-electron chi connectivity index (χ1n) is 10.2. The number of nitrogens with one attached hydrogen (secondary N) is 1. The topological polar surface area (TPSA) is 178 Å². The summed E-state index contributed by atoms with van der Waals surface area (Å²) in [5, 5.41) is 12.0. The van der Waals surface area contributed by atoms with Crippen molar-refractivity contribution in [1.29, 1.82) is 5.26 Å². The maximum Gasteiger partial charge on any atom is 0.264 e. The van der Waals surface area contributed by atoms with Crippen LogP contribution in [0.5, 0.6) is 0 Å². The second-order valence-electron chi connectivity index (χ2n) is 7.39. The number of nitriles is 1. The first-order chi connectivity index (χ1) is 17.3. The standard InChI is InChI=1S/C23H15N7O3S3/c24-11-14-16(15-3-1-10-34-15)17-18(25)20(35-22(17)29-21(14)26)19(31)12-4-6-13(7-5-12)36(32,33)30-23-27-8-2-9-28-23/h1-10H,25H2,(H2,26,29)(H,27,28,30). The highest BCUT2D eigenvalue weighted by Gasteiger charge is 2.25. The van der Waals surface area contributed by atoms with Crippen LogP contribution in [-0.4, -0.2) is 29.2 Å². The van der Waals surface area contributed by atoms with E-state index in [1.807, 2.05) is 17.5 Å². The molecule has 10 nitrogen and oxygen atoms in total. The van der Waals surface area contributed by atoms with E-state index in [2.05, 4.69) is 25.7 Å². The Balaban J connectivity index is 1.53. The van der Waals surface area contributed by atoms with E-state index in [4.69, 9.17) is 11.5 Å². The summed E-state index contributed by atoms with van der Waals surface area (Å²) < 4.78 is 27.5. The molecule has 13 heteroatoms. The molecule has 0 saturated heterocycles. The second kappa shape index (κ2) is 9.00. The van der Waals surface area contributed by atoms with Crippen LogP contribution in [0.3, 0.4) is 0 Å². The lowest BCUT2D eigenvalue weighted by molar-refractivity contribution is 0.104. The lowest BCUT2D eigenvalue weighted by Crippen LogP contribution is -2.15. The van der Waals surface area contributed by atoms with Crippen LogP contribution in [0, 0.1) is 11.3 Å². The SMILES string of the molecule is N#Cc1c(N)nc2sc(C(=O)c3ccc(S(=O)(=O)Nc4ncccn4)cc3)c(N)c2c1-c1cccs1. The first-order valence-corrected chi connectivity index (χ1v) is 13.4. The van der Waals surface area contributed by atoms with E-state index in [1.54, 1.807) is 6.07 Å². The van der Waals surface area contributed by atoms with Gasteiger partial charge in [-0.3, -0.25) is 4.79 Å². The number of nitrogens with zero attached hydrogens (tertiary/aromatic N) is 4. The number of sulfonamides is 1. The minimum atomic E-state index is -3.95. The van der Waals surface area contributed by atoms with E-state index in [0.29, 0.717) is 15.8 Å². The molecular weight excluding hydrogens is 519 g/mol. The van der Waals surface area contributed by atoms with Crippen LogP contribution in [0.15, 0.2) is 65.1 Å². The molecule has 0 saturated carbocycles. The Kier molecular flexibility index (Phi) is 5.84. The minimum Gasteiger partial charge on any atom is -0.397 e. The molecule has 0 aliphatic rings.